The minimum absolute atomic E-state index is 0.0506. The van der Waals surface area contributed by atoms with E-state index >= 15 is 0 Å². The van der Waals surface area contributed by atoms with E-state index in [2.05, 4.69) is 20.8 Å². The zero-order valence-corrected chi connectivity index (χ0v) is 20.6. The standard InChI is InChI=1S/C27H40O7/c1-4-5-14-31-15-16-32-18-24(30)20-34-26-12-8-22(9-13-26)27(2,3)21-6-10-25(11-7-21)33-19-23(29)17-28/h6-13,23-24,28-30H,4-5,14-20H2,1-3H3. The molecule has 0 amide bonds. The molecule has 190 valence electrons. The summed E-state index contributed by atoms with van der Waals surface area (Å²) in [6, 6.07) is 15.6. The van der Waals surface area contributed by atoms with Gasteiger partial charge in [0.2, 0.25) is 0 Å². The van der Waals surface area contributed by atoms with Crippen LogP contribution in [0.5, 0.6) is 11.5 Å². The van der Waals surface area contributed by atoms with Crippen molar-refractivity contribution in [2.75, 3.05) is 46.2 Å². The van der Waals surface area contributed by atoms with Crippen LogP contribution in [0.4, 0.5) is 0 Å². The van der Waals surface area contributed by atoms with Gasteiger partial charge >= 0.3 is 0 Å². The molecular formula is C27H40O7. The van der Waals surface area contributed by atoms with Crippen molar-refractivity contribution < 1.29 is 34.3 Å². The van der Waals surface area contributed by atoms with Crippen molar-refractivity contribution in [2.45, 2.75) is 51.2 Å². The summed E-state index contributed by atoms with van der Waals surface area (Å²) in [5.74, 6) is 1.33. The van der Waals surface area contributed by atoms with Crippen molar-refractivity contribution in [1.82, 2.24) is 0 Å². The van der Waals surface area contributed by atoms with Gasteiger partial charge in [-0.2, -0.15) is 0 Å². The zero-order chi connectivity index (χ0) is 24.8. The molecule has 34 heavy (non-hydrogen) atoms. The van der Waals surface area contributed by atoms with Gasteiger partial charge in [0.1, 0.15) is 36.9 Å². The molecule has 0 radical (unpaired) electrons. The SMILES string of the molecule is CCCCOCCOCC(O)COc1ccc(C(C)(C)c2ccc(OCC(O)CO)cc2)cc1. The summed E-state index contributed by atoms with van der Waals surface area (Å²) in [5.41, 5.74) is 1.99. The van der Waals surface area contributed by atoms with Crippen molar-refractivity contribution >= 4 is 0 Å². The summed E-state index contributed by atoms with van der Waals surface area (Å²) < 4.78 is 22.0. The zero-order valence-electron chi connectivity index (χ0n) is 20.6. The Balaban J connectivity index is 1.79. The molecule has 7 heteroatoms. The molecule has 2 aromatic rings. The van der Waals surface area contributed by atoms with Gasteiger partial charge in [-0.3, -0.25) is 0 Å². The molecule has 0 fully saturated rings. The fraction of sp³-hybridized carbons (Fsp3) is 0.556. The number of benzene rings is 2. The number of ether oxygens (including phenoxy) is 4. The summed E-state index contributed by atoms with van der Waals surface area (Å²) in [6.45, 7) is 8.23. The Bertz CT molecular complexity index is 790. The monoisotopic (exact) mass is 476 g/mol. The Morgan fingerprint density at radius 1 is 0.706 bits per heavy atom. The smallest absolute Gasteiger partial charge is 0.119 e. The molecule has 3 N–H and O–H groups in total. The van der Waals surface area contributed by atoms with E-state index in [-0.39, 0.29) is 31.8 Å². The molecule has 0 aliphatic carbocycles. The largest absolute Gasteiger partial charge is 0.491 e. The average molecular weight is 477 g/mol. The third kappa shape index (κ3) is 9.60. The number of unbranched alkanes of at least 4 members (excludes halogenated alkanes) is 1. The maximum absolute atomic E-state index is 10.1. The van der Waals surface area contributed by atoms with E-state index in [0.717, 1.165) is 30.6 Å². The summed E-state index contributed by atoms with van der Waals surface area (Å²) in [6.07, 6.45) is 0.564. The second-order valence-electron chi connectivity index (χ2n) is 8.83. The first kappa shape index (κ1) is 28.1. The van der Waals surface area contributed by atoms with Gasteiger partial charge in [0.05, 0.1) is 26.4 Å². The maximum atomic E-state index is 10.1. The Kier molecular flexibility index (Phi) is 12.4. The molecule has 0 aromatic heterocycles. The van der Waals surface area contributed by atoms with Gasteiger partial charge in [0.15, 0.2) is 0 Å². The van der Waals surface area contributed by atoms with Crippen molar-refractivity contribution in [3.05, 3.63) is 59.7 Å². The number of rotatable bonds is 17. The van der Waals surface area contributed by atoms with Gasteiger partial charge in [0, 0.05) is 12.0 Å². The van der Waals surface area contributed by atoms with Crippen LogP contribution in [0.3, 0.4) is 0 Å². The summed E-state index contributed by atoms with van der Waals surface area (Å²) in [7, 11) is 0. The van der Waals surface area contributed by atoms with E-state index in [1.54, 1.807) is 0 Å². The van der Waals surface area contributed by atoms with Crippen molar-refractivity contribution in [3.63, 3.8) is 0 Å². The molecule has 0 bridgehead atoms. The van der Waals surface area contributed by atoms with Crippen molar-refractivity contribution in [2.24, 2.45) is 0 Å². The van der Waals surface area contributed by atoms with E-state index in [0.29, 0.717) is 24.7 Å². The van der Waals surface area contributed by atoms with Crippen LogP contribution in [0.1, 0.15) is 44.7 Å². The highest BCUT2D eigenvalue weighted by Gasteiger charge is 2.23. The molecule has 0 aliphatic heterocycles. The lowest BCUT2D eigenvalue weighted by atomic mass is 9.78. The van der Waals surface area contributed by atoms with Crippen LogP contribution in [0, 0.1) is 0 Å². The molecule has 2 atom stereocenters. The van der Waals surface area contributed by atoms with E-state index in [9.17, 15) is 10.2 Å². The predicted octanol–water partition coefficient (Wildman–Crippen LogP) is 3.32. The van der Waals surface area contributed by atoms with Crippen molar-refractivity contribution in [1.29, 1.82) is 0 Å². The topological polar surface area (TPSA) is 97.6 Å². The lowest BCUT2D eigenvalue weighted by Crippen LogP contribution is -2.24. The summed E-state index contributed by atoms with van der Waals surface area (Å²) in [5, 5.41) is 28.4. The first-order chi connectivity index (χ1) is 16.4. The molecule has 0 spiro atoms. The van der Waals surface area contributed by atoms with Crippen LogP contribution in [0.2, 0.25) is 0 Å². The molecule has 2 aromatic carbocycles. The number of aliphatic hydroxyl groups is 3. The Labute approximate surface area is 203 Å². The van der Waals surface area contributed by atoms with Gasteiger partial charge in [0.25, 0.3) is 0 Å². The number of hydrogen-bond donors (Lipinski definition) is 3. The van der Waals surface area contributed by atoms with Gasteiger partial charge in [-0.25, -0.2) is 0 Å². The lowest BCUT2D eigenvalue weighted by Gasteiger charge is -2.26. The molecule has 7 nitrogen and oxygen atoms in total. The third-order valence-electron chi connectivity index (χ3n) is 5.57. The highest BCUT2D eigenvalue weighted by atomic mass is 16.5. The van der Waals surface area contributed by atoms with Crippen LogP contribution < -0.4 is 9.47 Å². The van der Waals surface area contributed by atoms with Gasteiger partial charge in [-0.1, -0.05) is 51.5 Å². The number of aliphatic hydroxyl groups excluding tert-OH is 3. The Morgan fingerprint density at radius 3 is 1.71 bits per heavy atom. The normalized spacial score (nSPS) is 13.5. The molecule has 0 aliphatic rings. The lowest BCUT2D eigenvalue weighted by molar-refractivity contribution is -0.0111. The van der Waals surface area contributed by atoms with E-state index < -0.39 is 12.2 Å². The Hall–Kier alpha value is -2.16. The van der Waals surface area contributed by atoms with Crippen LogP contribution in [0.25, 0.3) is 0 Å². The molecule has 0 saturated carbocycles. The molecule has 2 unspecified atom stereocenters. The van der Waals surface area contributed by atoms with E-state index in [4.69, 9.17) is 24.1 Å². The maximum Gasteiger partial charge on any atom is 0.119 e. The molecular weight excluding hydrogens is 436 g/mol. The van der Waals surface area contributed by atoms with Gasteiger partial charge in [-0.15, -0.1) is 0 Å². The fourth-order valence-corrected chi connectivity index (χ4v) is 3.27. The average Bonchev–Trinajstić information content (AvgIpc) is 2.86. The molecule has 2 rings (SSSR count). The van der Waals surface area contributed by atoms with E-state index in [1.807, 2.05) is 48.5 Å². The van der Waals surface area contributed by atoms with Gasteiger partial charge < -0.3 is 34.3 Å². The quantitative estimate of drug-likeness (QED) is 0.301. The van der Waals surface area contributed by atoms with Gasteiger partial charge in [-0.05, 0) is 41.8 Å². The first-order valence-electron chi connectivity index (χ1n) is 12.0. The predicted molar refractivity (Wildman–Crippen MR) is 132 cm³/mol. The van der Waals surface area contributed by atoms with E-state index in [1.165, 1.54) is 0 Å². The third-order valence-corrected chi connectivity index (χ3v) is 5.57. The highest BCUT2D eigenvalue weighted by Crippen LogP contribution is 2.33. The van der Waals surface area contributed by atoms with Crippen LogP contribution >= 0.6 is 0 Å². The number of hydrogen-bond acceptors (Lipinski definition) is 7. The fourth-order valence-electron chi connectivity index (χ4n) is 3.27. The molecule has 0 saturated heterocycles. The summed E-state index contributed by atoms with van der Waals surface area (Å²) >= 11 is 0. The second kappa shape index (κ2) is 15.0. The van der Waals surface area contributed by atoms with Crippen molar-refractivity contribution in [3.8, 4) is 11.5 Å². The van der Waals surface area contributed by atoms with Crippen LogP contribution in [-0.2, 0) is 14.9 Å². The molecule has 0 heterocycles. The second-order valence-corrected chi connectivity index (χ2v) is 8.83. The minimum Gasteiger partial charge on any atom is -0.491 e. The summed E-state index contributed by atoms with van der Waals surface area (Å²) in [4.78, 5) is 0. The Morgan fingerprint density at radius 2 is 1.21 bits per heavy atom. The minimum atomic E-state index is -0.889. The van der Waals surface area contributed by atoms with Crippen LogP contribution in [0.15, 0.2) is 48.5 Å². The highest BCUT2D eigenvalue weighted by molar-refractivity contribution is 5.41. The first-order valence-corrected chi connectivity index (χ1v) is 12.0. The van der Waals surface area contributed by atoms with Crippen LogP contribution in [-0.4, -0.2) is 73.8 Å².